The predicted molar refractivity (Wildman–Crippen MR) is 67.2 cm³/mol. The van der Waals surface area contributed by atoms with Crippen molar-refractivity contribution in [2.24, 2.45) is 0 Å². The zero-order valence-electron chi connectivity index (χ0n) is 9.40. The number of thiophene rings is 1. The van der Waals surface area contributed by atoms with Gasteiger partial charge in [-0.05, 0) is 18.6 Å². The lowest BCUT2D eigenvalue weighted by molar-refractivity contribution is -0.137. The molecule has 0 aromatic carbocycles. The minimum Gasteiger partial charge on any atom is -0.305 e. The van der Waals surface area contributed by atoms with Crippen molar-refractivity contribution in [3.8, 4) is 0 Å². The molecule has 1 aliphatic rings. The minimum absolute atomic E-state index is 0.119. The zero-order valence-corrected chi connectivity index (χ0v) is 11.0. The molecule has 1 aromatic heterocycles. The van der Waals surface area contributed by atoms with Crippen molar-refractivity contribution in [3.05, 3.63) is 21.3 Å². The van der Waals surface area contributed by atoms with E-state index in [0.717, 1.165) is 10.8 Å². The van der Waals surface area contributed by atoms with Crippen LogP contribution in [-0.4, -0.2) is 36.3 Å². The van der Waals surface area contributed by atoms with Gasteiger partial charge in [0.1, 0.15) is 0 Å². The minimum atomic E-state index is -0.358. The number of likely N-dealkylation sites (N-methyl/N-ethyl adjacent to an activating group) is 1. The van der Waals surface area contributed by atoms with Gasteiger partial charge in [0, 0.05) is 18.5 Å². The Hall–Kier alpha value is -0.910. The molecular formula is C11H13ClN2O2S. The van der Waals surface area contributed by atoms with E-state index in [2.05, 4.69) is 5.32 Å². The Bertz CT molecular complexity index is 446. The van der Waals surface area contributed by atoms with Gasteiger partial charge in [0.05, 0.1) is 16.8 Å². The van der Waals surface area contributed by atoms with Crippen LogP contribution in [0.4, 0.5) is 0 Å². The monoisotopic (exact) mass is 272 g/mol. The highest BCUT2D eigenvalue weighted by molar-refractivity contribution is 7.16. The second kappa shape index (κ2) is 5.16. The van der Waals surface area contributed by atoms with E-state index in [1.165, 1.54) is 28.2 Å². The van der Waals surface area contributed by atoms with Crippen LogP contribution < -0.4 is 5.32 Å². The maximum atomic E-state index is 11.6. The Morgan fingerprint density at radius 3 is 2.82 bits per heavy atom. The molecule has 4 nitrogen and oxygen atoms in total. The first-order chi connectivity index (χ1) is 8.08. The molecule has 1 aromatic rings. The number of nitrogens with zero attached hydrogens (tertiary/aromatic N) is 1. The van der Waals surface area contributed by atoms with Crippen LogP contribution in [-0.2, 0) is 16.0 Å². The van der Waals surface area contributed by atoms with Crippen LogP contribution >= 0.6 is 22.9 Å². The molecule has 0 saturated carbocycles. The standard InChI is InChI=1S/C11H13ClN2O2S/c1-14-10(15)6-8(11(14)16)13-5-4-7-2-3-9(12)17-7/h2-3,8,13H,4-6H2,1H3. The Balaban J connectivity index is 1.80. The summed E-state index contributed by atoms with van der Waals surface area (Å²) in [5.41, 5.74) is 0. The topological polar surface area (TPSA) is 49.4 Å². The van der Waals surface area contributed by atoms with Crippen LogP contribution in [0.2, 0.25) is 4.34 Å². The molecule has 2 amide bonds. The van der Waals surface area contributed by atoms with E-state index in [0.29, 0.717) is 6.54 Å². The summed E-state index contributed by atoms with van der Waals surface area (Å²) in [6.45, 7) is 0.675. The smallest absolute Gasteiger partial charge is 0.246 e. The van der Waals surface area contributed by atoms with Crippen LogP contribution in [0.3, 0.4) is 0 Å². The first kappa shape index (κ1) is 12.5. The second-order valence-corrected chi connectivity index (χ2v) is 5.76. The summed E-state index contributed by atoms with van der Waals surface area (Å²) >= 11 is 7.36. The largest absolute Gasteiger partial charge is 0.305 e. The quantitative estimate of drug-likeness (QED) is 0.841. The highest BCUT2D eigenvalue weighted by atomic mass is 35.5. The Morgan fingerprint density at radius 2 is 2.29 bits per heavy atom. The fourth-order valence-corrected chi connectivity index (χ4v) is 2.86. The van der Waals surface area contributed by atoms with Gasteiger partial charge in [-0.2, -0.15) is 0 Å². The summed E-state index contributed by atoms with van der Waals surface area (Å²) in [7, 11) is 1.52. The number of nitrogens with one attached hydrogen (secondary N) is 1. The van der Waals surface area contributed by atoms with Crippen LogP contribution in [0.15, 0.2) is 12.1 Å². The van der Waals surface area contributed by atoms with E-state index in [1.807, 2.05) is 12.1 Å². The van der Waals surface area contributed by atoms with Crippen molar-refractivity contribution >= 4 is 34.8 Å². The maximum absolute atomic E-state index is 11.6. The van der Waals surface area contributed by atoms with E-state index in [9.17, 15) is 9.59 Å². The summed E-state index contributed by atoms with van der Waals surface area (Å²) in [5, 5.41) is 3.10. The van der Waals surface area contributed by atoms with Gasteiger partial charge in [0.2, 0.25) is 11.8 Å². The van der Waals surface area contributed by atoms with Gasteiger partial charge in [-0.25, -0.2) is 0 Å². The maximum Gasteiger partial charge on any atom is 0.246 e. The highest BCUT2D eigenvalue weighted by Crippen LogP contribution is 2.21. The fraction of sp³-hybridized carbons (Fsp3) is 0.455. The van der Waals surface area contributed by atoms with Gasteiger partial charge in [0.15, 0.2) is 0 Å². The summed E-state index contributed by atoms with van der Waals surface area (Å²) in [5.74, 6) is -0.258. The van der Waals surface area contributed by atoms with Crippen LogP contribution in [0.1, 0.15) is 11.3 Å². The van der Waals surface area contributed by atoms with E-state index in [4.69, 9.17) is 11.6 Å². The molecule has 2 heterocycles. The molecule has 2 rings (SSSR count). The molecule has 1 aliphatic heterocycles. The Labute approximate surface area is 109 Å². The third-order valence-electron chi connectivity index (χ3n) is 2.77. The highest BCUT2D eigenvalue weighted by Gasteiger charge is 2.35. The van der Waals surface area contributed by atoms with Crippen LogP contribution in [0.25, 0.3) is 0 Å². The lowest BCUT2D eigenvalue weighted by Crippen LogP contribution is -2.38. The molecule has 0 aliphatic carbocycles. The first-order valence-corrected chi connectivity index (χ1v) is 6.55. The lowest BCUT2D eigenvalue weighted by Gasteiger charge is -2.10. The van der Waals surface area contributed by atoms with Crippen molar-refractivity contribution in [1.29, 1.82) is 0 Å². The number of likely N-dealkylation sites (tertiary alicyclic amines) is 1. The third-order valence-corrected chi connectivity index (χ3v) is 4.06. The number of amides is 2. The van der Waals surface area contributed by atoms with Gasteiger partial charge in [-0.15, -0.1) is 11.3 Å². The van der Waals surface area contributed by atoms with Crippen LogP contribution in [0.5, 0.6) is 0 Å². The molecule has 0 bridgehead atoms. The number of carbonyl (C=O) groups is 2. The van der Waals surface area contributed by atoms with E-state index >= 15 is 0 Å². The Kier molecular flexibility index (Phi) is 3.81. The lowest BCUT2D eigenvalue weighted by atomic mass is 10.2. The van der Waals surface area contributed by atoms with Crippen molar-refractivity contribution in [3.63, 3.8) is 0 Å². The average molecular weight is 273 g/mol. The van der Waals surface area contributed by atoms with Gasteiger partial charge in [0.25, 0.3) is 0 Å². The van der Waals surface area contributed by atoms with Crippen molar-refractivity contribution in [1.82, 2.24) is 10.2 Å². The summed E-state index contributed by atoms with van der Waals surface area (Å²) in [6.07, 6.45) is 1.08. The molecule has 0 spiro atoms. The summed E-state index contributed by atoms with van der Waals surface area (Å²) in [6, 6.07) is 3.48. The number of carbonyl (C=O) groups excluding carboxylic acids is 2. The molecule has 0 radical (unpaired) electrons. The zero-order chi connectivity index (χ0) is 12.4. The second-order valence-electron chi connectivity index (χ2n) is 3.96. The molecule has 92 valence electrons. The molecule has 17 heavy (non-hydrogen) atoms. The van der Waals surface area contributed by atoms with Crippen molar-refractivity contribution < 1.29 is 9.59 Å². The first-order valence-electron chi connectivity index (χ1n) is 5.36. The number of rotatable bonds is 4. The molecule has 1 N–H and O–H groups in total. The Morgan fingerprint density at radius 1 is 1.53 bits per heavy atom. The molecule has 1 atom stereocenters. The fourth-order valence-electron chi connectivity index (χ4n) is 1.77. The third kappa shape index (κ3) is 2.86. The number of hydrogen-bond donors (Lipinski definition) is 1. The molecule has 1 unspecified atom stereocenters. The number of halogens is 1. The molecular weight excluding hydrogens is 260 g/mol. The average Bonchev–Trinajstić information content (AvgIpc) is 2.80. The summed E-state index contributed by atoms with van der Waals surface area (Å²) in [4.78, 5) is 25.2. The SMILES string of the molecule is CN1C(=O)CC(NCCc2ccc(Cl)s2)C1=O. The normalized spacial score (nSPS) is 20.4. The number of hydrogen-bond acceptors (Lipinski definition) is 4. The van der Waals surface area contributed by atoms with E-state index in [1.54, 1.807) is 0 Å². The van der Waals surface area contributed by atoms with Gasteiger partial charge < -0.3 is 5.32 Å². The van der Waals surface area contributed by atoms with Gasteiger partial charge in [-0.3, -0.25) is 14.5 Å². The van der Waals surface area contributed by atoms with E-state index in [-0.39, 0.29) is 24.3 Å². The van der Waals surface area contributed by atoms with Gasteiger partial charge in [-0.1, -0.05) is 11.6 Å². The van der Waals surface area contributed by atoms with Crippen LogP contribution in [0, 0.1) is 0 Å². The van der Waals surface area contributed by atoms with E-state index < -0.39 is 0 Å². The summed E-state index contributed by atoms with van der Waals surface area (Å²) < 4.78 is 0.770. The molecule has 1 saturated heterocycles. The van der Waals surface area contributed by atoms with Crippen molar-refractivity contribution in [2.45, 2.75) is 18.9 Å². The van der Waals surface area contributed by atoms with Gasteiger partial charge >= 0.3 is 0 Å². The van der Waals surface area contributed by atoms with Crippen molar-refractivity contribution in [2.75, 3.05) is 13.6 Å². The molecule has 1 fully saturated rings. The number of imide groups is 1. The predicted octanol–water partition coefficient (Wildman–Crippen LogP) is 1.29. The molecule has 6 heteroatoms.